The monoisotopic (exact) mass is 266 g/mol. The number of carbonyl (C=O) groups excluding carboxylic acids is 1. The van der Waals surface area contributed by atoms with Gasteiger partial charge in [0.2, 0.25) is 5.91 Å². The zero-order chi connectivity index (χ0) is 14.4. The summed E-state index contributed by atoms with van der Waals surface area (Å²) >= 11 is 0. The van der Waals surface area contributed by atoms with E-state index in [0.717, 1.165) is 22.6 Å². The number of rotatable bonds is 6. The van der Waals surface area contributed by atoms with Crippen LogP contribution in [0.4, 0.5) is 0 Å². The van der Waals surface area contributed by atoms with Crippen LogP contribution in [0.25, 0.3) is 0 Å². The van der Waals surface area contributed by atoms with E-state index in [0.29, 0.717) is 13.1 Å². The third-order valence-corrected chi connectivity index (χ3v) is 3.05. The maximum atomic E-state index is 11.7. The lowest BCUT2D eigenvalue weighted by Gasteiger charge is -2.15. The SMILES string of the molecule is COc1cc(CNC(=O)C(C)CN)c(OC)cc1C. The van der Waals surface area contributed by atoms with Crippen molar-refractivity contribution in [3.8, 4) is 11.5 Å². The molecule has 0 aliphatic heterocycles. The molecule has 0 spiro atoms. The van der Waals surface area contributed by atoms with Gasteiger partial charge in [-0.25, -0.2) is 0 Å². The number of methoxy groups -OCH3 is 2. The minimum absolute atomic E-state index is 0.0657. The van der Waals surface area contributed by atoms with E-state index in [2.05, 4.69) is 5.32 Å². The van der Waals surface area contributed by atoms with E-state index in [1.54, 1.807) is 21.1 Å². The molecule has 0 radical (unpaired) electrons. The fraction of sp³-hybridized carbons (Fsp3) is 0.500. The van der Waals surface area contributed by atoms with E-state index in [1.807, 2.05) is 19.1 Å². The minimum atomic E-state index is -0.196. The third kappa shape index (κ3) is 3.86. The zero-order valence-electron chi connectivity index (χ0n) is 11.9. The van der Waals surface area contributed by atoms with Crippen LogP contribution in [0.2, 0.25) is 0 Å². The molecule has 1 unspecified atom stereocenters. The number of hydrogen-bond donors (Lipinski definition) is 2. The summed E-state index contributed by atoms with van der Waals surface area (Å²) in [5, 5.41) is 2.84. The van der Waals surface area contributed by atoms with E-state index < -0.39 is 0 Å². The Balaban J connectivity index is 2.85. The van der Waals surface area contributed by atoms with E-state index in [1.165, 1.54) is 0 Å². The normalized spacial score (nSPS) is 11.8. The van der Waals surface area contributed by atoms with Gasteiger partial charge in [0.1, 0.15) is 11.5 Å². The van der Waals surface area contributed by atoms with Crippen LogP contribution < -0.4 is 20.5 Å². The van der Waals surface area contributed by atoms with Gasteiger partial charge in [-0.05, 0) is 24.6 Å². The Labute approximate surface area is 114 Å². The molecule has 106 valence electrons. The summed E-state index contributed by atoms with van der Waals surface area (Å²) in [7, 11) is 3.22. The van der Waals surface area contributed by atoms with Crippen molar-refractivity contribution in [2.45, 2.75) is 20.4 Å². The first-order chi connectivity index (χ1) is 9.03. The summed E-state index contributed by atoms with van der Waals surface area (Å²) in [6.45, 7) is 4.46. The number of ether oxygens (including phenoxy) is 2. The van der Waals surface area contributed by atoms with Crippen LogP contribution in [0.3, 0.4) is 0 Å². The van der Waals surface area contributed by atoms with E-state index in [-0.39, 0.29) is 11.8 Å². The van der Waals surface area contributed by atoms with Crippen molar-refractivity contribution in [2.75, 3.05) is 20.8 Å². The smallest absolute Gasteiger partial charge is 0.224 e. The number of benzene rings is 1. The molecule has 1 rings (SSSR count). The number of carbonyl (C=O) groups is 1. The summed E-state index contributed by atoms with van der Waals surface area (Å²) in [6, 6.07) is 3.77. The predicted octanol–water partition coefficient (Wildman–Crippen LogP) is 1.22. The van der Waals surface area contributed by atoms with Gasteiger partial charge in [-0.3, -0.25) is 4.79 Å². The molecule has 1 aromatic rings. The summed E-state index contributed by atoms with van der Waals surface area (Å²) in [6.07, 6.45) is 0. The highest BCUT2D eigenvalue weighted by Gasteiger charge is 2.13. The highest BCUT2D eigenvalue weighted by atomic mass is 16.5. The van der Waals surface area contributed by atoms with Crippen molar-refractivity contribution in [1.82, 2.24) is 5.32 Å². The highest BCUT2D eigenvalue weighted by molar-refractivity contribution is 5.78. The van der Waals surface area contributed by atoms with Crippen LogP contribution in [-0.4, -0.2) is 26.7 Å². The van der Waals surface area contributed by atoms with Crippen LogP contribution >= 0.6 is 0 Å². The van der Waals surface area contributed by atoms with E-state index >= 15 is 0 Å². The molecule has 0 saturated carbocycles. The molecule has 1 amide bonds. The van der Waals surface area contributed by atoms with Crippen molar-refractivity contribution < 1.29 is 14.3 Å². The molecule has 0 fully saturated rings. The van der Waals surface area contributed by atoms with Gasteiger partial charge in [-0.15, -0.1) is 0 Å². The molecule has 0 bridgehead atoms. The van der Waals surface area contributed by atoms with Gasteiger partial charge in [-0.2, -0.15) is 0 Å². The molecule has 3 N–H and O–H groups in total. The minimum Gasteiger partial charge on any atom is -0.496 e. The van der Waals surface area contributed by atoms with Crippen LogP contribution in [0.1, 0.15) is 18.1 Å². The first kappa shape index (κ1) is 15.3. The maximum absolute atomic E-state index is 11.7. The average Bonchev–Trinajstić information content (AvgIpc) is 2.44. The Bertz CT molecular complexity index is 447. The molecule has 0 heterocycles. The Morgan fingerprint density at radius 3 is 2.47 bits per heavy atom. The molecule has 5 nitrogen and oxygen atoms in total. The van der Waals surface area contributed by atoms with Crippen LogP contribution in [0.5, 0.6) is 11.5 Å². The molecule has 0 saturated heterocycles. The summed E-state index contributed by atoms with van der Waals surface area (Å²) in [4.78, 5) is 11.7. The van der Waals surface area contributed by atoms with Crippen LogP contribution in [0.15, 0.2) is 12.1 Å². The summed E-state index contributed by atoms with van der Waals surface area (Å²) in [5.74, 6) is 1.25. The number of aryl methyl sites for hydroxylation is 1. The van der Waals surface area contributed by atoms with E-state index in [4.69, 9.17) is 15.2 Å². The van der Waals surface area contributed by atoms with E-state index in [9.17, 15) is 4.79 Å². The molecular weight excluding hydrogens is 244 g/mol. The van der Waals surface area contributed by atoms with Gasteiger partial charge < -0.3 is 20.5 Å². The Morgan fingerprint density at radius 2 is 1.95 bits per heavy atom. The molecule has 19 heavy (non-hydrogen) atoms. The highest BCUT2D eigenvalue weighted by Crippen LogP contribution is 2.28. The standard InChI is InChI=1S/C14H22N2O3/c1-9-5-13(19-4)11(6-12(9)18-3)8-16-14(17)10(2)7-15/h5-6,10H,7-8,15H2,1-4H3,(H,16,17). The first-order valence-corrected chi connectivity index (χ1v) is 6.22. The fourth-order valence-corrected chi connectivity index (χ4v) is 1.72. The van der Waals surface area contributed by atoms with Gasteiger partial charge in [0.05, 0.1) is 14.2 Å². The summed E-state index contributed by atoms with van der Waals surface area (Å²) < 4.78 is 10.6. The van der Waals surface area contributed by atoms with Crippen molar-refractivity contribution in [3.63, 3.8) is 0 Å². The second-order valence-electron chi connectivity index (χ2n) is 4.49. The molecule has 0 aromatic heterocycles. The van der Waals surface area contributed by atoms with Crippen LogP contribution in [0, 0.1) is 12.8 Å². The van der Waals surface area contributed by atoms with Gasteiger partial charge in [-0.1, -0.05) is 6.92 Å². The predicted molar refractivity (Wildman–Crippen MR) is 74.3 cm³/mol. The van der Waals surface area contributed by atoms with Gasteiger partial charge in [0.25, 0.3) is 0 Å². The van der Waals surface area contributed by atoms with Crippen molar-refractivity contribution >= 4 is 5.91 Å². The van der Waals surface area contributed by atoms with Gasteiger partial charge in [0, 0.05) is 24.6 Å². The quantitative estimate of drug-likeness (QED) is 0.812. The lowest BCUT2D eigenvalue weighted by Crippen LogP contribution is -2.32. The summed E-state index contributed by atoms with van der Waals surface area (Å²) in [5.41, 5.74) is 7.33. The second-order valence-corrected chi connectivity index (χ2v) is 4.49. The van der Waals surface area contributed by atoms with Gasteiger partial charge >= 0.3 is 0 Å². The molecule has 1 aromatic carbocycles. The number of nitrogens with two attached hydrogens (primary N) is 1. The lowest BCUT2D eigenvalue weighted by molar-refractivity contribution is -0.124. The lowest BCUT2D eigenvalue weighted by atomic mass is 10.1. The number of nitrogens with one attached hydrogen (secondary N) is 1. The van der Waals surface area contributed by atoms with Crippen molar-refractivity contribution in [2.24, 2.45) is 11.7 Å². The molecule has 0 aliphatic carbocycles. The topological polar surface area (TPSA) is 73.6 Å². The average molecular weight is 266 g/mol. The molecule has 5 heteroatoms. The third-order valence-electron chi connectivity index (χ3n) is 3.05. The van der Waals surface area contributed by atoms with Gasteiger partial charge in [0.15, 0.2) is 0 Å². The Kier molecular flexibility index (Phi) is 5.63. The number of amides is 1. The fourth-order valence-electron chi connectivity index (χ4n) is 1.72. The molecular formula is C14H22N2O3. The zero-order valence-corrected chi connectivity index (χ0v) is 11.9. The Morgan fingerprint density at radius 1 is 1.32 bits per heavy atom. The second kappa shape index (κ2) is 6.99. The van der Waals surface area contributed by atoms with Crippen molar-refractivity contribution in [3.05, 3.63) is 23.3 Å². The van der Waals surface area contributed by atoms with Crippen LogP contribution in [-0.2, 0) is 11.3 Å². The molecule has 1 atom stereocenters. The van der Waals surface area contributed by atoms with Crippen molar-refractivity contribution in [1.29, 1.82) is 0 Å². The number of hydrogen-bond acceptors (Lipinski definition) is 4. The Hall–Kier alpha value is -1.75. The largest absolute Gasteiger partial charge is 0.496 e. The first-order valence-electron chi connectivity index (χ1n) is 6.22. The molecule has 0 aliphatic rings. The maximum Gasteiger partial charge on any atom is 0.224 e.